The van der Waals surface area contributed by atoms with E-state index >= 15 is 0 Å². The molecule has 1 aromatic carbocycles. The average molecular weight is 385 g/mol. The predicted molar refractivity (Wildman–Crippen MR) is 112 cm³/mol. The number of ether oxygens (including phenoxy) is 1. The molecule has 0 aliphatic heterocycles. The maximum absolute atomic E-state index is 5.47. The van der Waals surface area contributed by atoms with E-state index in [1.807, 2.05) is 36.4 Å². The van der Waals surface area contributed by atoms with Crippen molar-refractivity contribution >= 4 is 5.96 Å². The van der Waals surface area contributed by atoms with Gasteiger partial charge in [0.25, 0.3) is 0 Å². The van der Waals surface area contributed by atoms with E-state index in [0.29, 0.717) is 12.0 Å². The van der Waals surface area contributed by atoms with Gasteiger partial charge < -0.3 is 19.9 Å². The Hall–Kier alpha value is -2.34. The number of rotatable bonds is 9. The van der Waals surface area contributed by atoms with E-state index in [1.165, 1.54) is 25.7 Å². The Morgan fingerprint density at radius 1 is 1.21 bits per heavy atom. The molecule has 152 valence electrons. The standard InChI is InChI=1S/C22H32N4O2/c1-3-23-21(25-17-22(13-14-27-2)11-7-8-12-22)24-16-19-15-20(28-26-19)18-9-5-4-6-10-18/h4-6,9-10,15H,3,7-8,11-14,16-17H2,1-2H3,(H2,23,24,25). The van der Waals surface area contributed by atoms with Gasteiger partial charge in [-0.15, -0.1) is 0 Å². The monoisotopic (exact) mass is 384 g/mol. The van der Waals surface area contributed by atoms with Crippen LogP contribution in [0, 0.1) is 5.41 Å². The van der Waals surface area contributed by atoms with Crippen LogP contribution in [0.5, 0.6) is 0 Å². The van der Waals surface area contributed by atoms with Crippen molar-refractivity contribution in [2.75, 3.05) is 26.8 Å². The summed E-state index contributed by atoms with van der Waals surface area (Å²) in [6.45, 7) is 5.13. The van der Waals surface area contributed by atoms with E-state index < -0.39 is 0 Å². The number of benzene rings is 1. The highest BCUT2D eigenvalue weighted by molar-refractivity contribution is 5.79. The molecule has 28 heavy (non-hydrogen) atoms. The van der Waals surface area contributed by atoms with E-state index in [2.05, 4.69) is 22.7 Å². The molecule has 0 amide bonds. The van der Waals surface area contributed by atoms with E-state index in [1.54, 1.807) is 7.11 Å². The summed E-state index contributed by atoms with van der Waals surface area (Å²) in [6, 6.07) is 12.0. The third-order valence-electron chi connectivity index (χ3n) is 5.49. The van der Waals surface area contributed by atoms with Gasteiger partial charge in [-0.3, -0.25) is 0 Å². The maximum Gasteiger partial charge on any atom is 0.191 e. The molecule has 1 heterocycles. The molecule has 3 rings (SSSR count). The largest absolute Gasteiger partial charge is 0.385 e. The third-order valence-corrected chi connectivity index (χ3v) is 5.49. The third kappa shape index (κ3) is 5.58. The highest BCUT2D eigenvalue weighted by atomic mass is 16.5. The first kappa shape index (κ1) is 20.4. The number of hydrogen-bond donors (Lipinski definition) is 2. The van der Waals surface area contributed by atoms with Crippen LogP contribution in [0.3, 0.4) is 0 Å². The minimum absolute atomic E-state index is 0.320. The Balaban J connectivity index is 1.60. The molecule has 6 heteroatoms. The summed E-state index contributed by atoms with van der Waals surface area (Å²) in [7, 11) is 1.78. The van der Waals surface area contributed by atoms with Gasteiger partial charge in [0.15, 0.2) is 11.7 Å². The van der Waals surface area contributed by atoms with Crippen molar-refractivity contribution in [1.29, 1.82) is 0 Å². The SMILES string of the molecule is CCNC(=NCc1cc(-c2ccccc2)on1)NCC1(CCOC)CCCC1. The zero-order valence-corrected chi connectivity index (χ0v) is 17.0. The molecular formula is C22H32N4O2. The quantitative estimate of drug-likeness (QED) is 0.505. The lowest BCUT2D eigenvalue weighted by atomic mass is 9.83. The Kier molecular flexibility index (Phi) is 7.48. The van der Waals surface area contributed by atoms with Crippen molar-refractivity contribution in [1.82, 2.24) is 15.8 Å². The van der Waals surface area contributed by atoms with Gasteiger partial charge >= 0.3 is 0 Å². The summed E-state index contributed by atoms with van der Waals surface area (Å²) in [4.78, 5) is 4.70. The first-order chi connectivity index (χ1) is 13.7. The molecule has 2 N–H and O–H groups in total. The summed E-state index contributed by atoms with van der Waals surface area (Å²) in [5.41, 5.74) is 2.17. The maximum atomic E-state index is 5.47. The lowest BCUT2D eigenvalue weighted by Gasteiger charge is -2.29. The van der Waals surface area contributed by atoms with Crippen LogP contribution in [0.15, 0.2) is 45.9 Å². The Morgan fingerprint density at radius 2 is 2.00 bits per heavy atom. The second-order valence-electron chi connectivity index (χ2n) is 7.55. The van der Waals surface area contributed by atoms with Crippen LogP contribution in [-0.2, 0) is 11.3 Å². The number of nitrogens with zero attached hydrogens (tertiary/aromatic N) is 2. The molecule has 0 unspecified atom stereocenters. The lowest BCUT2D eigenvalue weighted by molar-refractivity contribution is 0.138. The smallest absolute Gasteiger partial charge is 0.191 e. The molecular weight excluding hydrogens is 352 g/mol. The van der Waals surface area contributed by atoms with Crippen LogP contribution in [0.4, 0.5) is 0 Å². The van der Waals surface area contributed by atoms with Crippen LogP contribution < -0.4 is 10.6 Å². The molecule has 1 aliphatic rings. The Bertz CT molecular complexity index is 736. The number of aliphatic imine (C=N–C) groups is 1. The fraction of sp³-hybridized carbons (Fsp3) is 0.545. The molecule has 1 aromatic heterocycles. The van der Waals surface area contributed by atoms with Gasteiger partial charge in [-0.05, 0) is 31.6 Å². The van der Waals surface area contributed by atoms with Crippen molar-refractivity contribution in [3.8, 4) is 11.3 Å². The molecule has 0 bridgehead atoms. The lowest BCUT2D eigenvalue weighted by Crippen LogP contribution is -2.43. The number of nitrogens with one attached hydrogen (secondary N) is 2. The molecule has 0 spiro atoms. The molecule has 2 aromatic rings. The number of methoxy groups -OCH3 is 1. The van der Waals surface area contributed by atoms with Crippen molar-refractivity contribution in [3.63, 3.8) is 0 Å². The summed E-state index contributed by atoms with van der Waals surface area (Å²) in [6.07, 6.45) is 6.22. The topological polar surface area (TPSA) is 71.7 Å². The van der Waals surface area contributed by atoms with Crippen LogP contribution in [0.25, 0.3) is 11.3 Å². The molecule has 0 saturated heterocycles. The summed E-state index contributed by atoms with van der Waals surface area (Å²) in [5, 5.41) is 11.0. The van der Waals surface area contributed by atoms with Gasteiger partial charge in [-0.1, -0.05) is 48.3 Å². The predicted octanol–water partition coefficient (Wildman–Crippen LogP) is 3.99. The minimum atomic E-state index is 0.320. The van der Waals surface area contributed by atoms with Crippen molar-refractivity contribution in [2.45, 2.75) is 45.6 Å². The van der Waals surface area contributed by atoms with Crippen molar-refractivity contribution < 1.29 is 9.26 Å². The summed E-state index contributed by atoms with van der Waals surface area (Å²) < 4.78 is 10.8. The highest BCUT2D eigenvalue weighted by Crippen LogP contribution is 2.40. The molecule has 6 nitrogen and oxygen atoms in total. The van der Waals surface area contributed by atoms with Crippen LogP contribution in [0.2, 0.25) is 0 Å². The zero-order valence-electron chi connectivity index (χ0n) is 17.0. The van der Waals surface area contributed by atoms with Crippen molar-refractivity contribution in [2.24, 2.45) is 10.4 Å². The van der Waals surface area contributed by atoms with Gasteiger partial charge in [0.1, 0.15) is 5.69 Å². The van der Waals surface area contributed by atoms with Gasteiger partial charge in [0, 0.05) is 38.4 Å². The zero-order chi connectivity index (χ0) is 19.7. The molecule has 1 aliphatic carbocycles. The molecule has 1 fully saturated rings. The van der Waals surface area contributed by atoms with Crippen LogP contribution in [0.1, 0.15) is 44.7 Å². The van der Waals surface area contributed by atoms with E-state index in [-0.39, 0.29) is 0 Å². The van der Waals surface area contributed by atoms with Gasteiger partial charge in [-0.2, -0.15) is 0 Å². The number of hydrogen-bond acceptors (Lipinski definition) is 4. The van der Waals surface area contributed by atoms with E-state index in [9.17, 15) is 0 Å². The molecule has 0 atom stereocenters. The van der Waals surface area contributed by atoms with Gasteiger partial charge in [0.05, 0.1) is 6.54 Å². The fourth-order valence-electron chi connectivity index (χ4n) is 3.86. The first-order valence-electron chi connectivity index (χ1n) is 10.3. The summed E-state index contributed by atoms with van der Waals surface area (Å²) >= 11 is 0. The summed E-state index contributed by atoms with van der Waals surface area (Å²) in [5.74, 6) is 1.60. The average Bonchev–Trinajstić information content (AvgIpc) is 3.40. The molecule has 1 saturated carbocycles. The second kappa shape index (κ2) is 10.3. The van der Waals surface area contributed by atoms with E-state index in [0.717, 1.165) is 49.1 Å². The first-order valence-corrected chi connectivity index (χ1v) is 10.3. The second-order valence-corrected chi connectivity index (χ2v) is 7.55. The Morgan fingerprint density at radius 3 is 2.71 bits per heavy atom. The van der Waals surface area contributed by atoms with Crippen molar-refractivity contribution in [3.05, 3.63) is 42.1 Å². The number of guanidine groups is 1. The van der Waals surface area contributed by atoms with Crippen LogP contribution in [-0.4, -0.2) is 37.9 Å². The Labute approximate surface area is 167 Å². The van der Waals surface area contributed by atoms with Gasteiger partial charge in [-0.25, -0.2) is 4.99 Å². The fourth-order valence-corrected chi connectivity index (χ4v) is 3.86. The molecule has 0 radical (unpaired) electrons. The number of aromatic nitrogens is 1. The normalized spacial score (nSPS) is 16.3. The van der Waals surface area contributed by atoms with E-state index in [4.69, 9.17) is 14.3 Å². The minimum Gasteiger partial charge on any atom is -0.385 e. The van der Waals surface area contributed by atoms with Gasteiger partial charge in [0.2, 0.25) is 0 Å². The van der Waals surface area contributed by atoms with Crippen LogP contribution >= 0.6 is 0 Å². The highest BCUT2D eigenvalue weighted by Gasteiger charge is 2.33.